The molecule has 0 aromatic carbocycles. The third-order valence-corrected chi connectivity index (χ3v) is 4.45. The predicted octanol–water partition coefficient (Wildman–Crippen LogP) is 0.503. The lowest BCUT2D eigenvalue weighted by Gasteiger charge is -2.19. The van der Waals surface area contributed by atoms with Crippen molar-refractivity contribution < 1.29 is 17.9 Å². The molecule has 7 heteroatoms. The van der Waals surface area contributed by atoms with Gasteiger partial charge in [0.2, 0.25) is 10.0 Å². The summed E-state index contributed by atoms with van der Waals surface area (Å²) in [5.74, 6) is -0.445. The summed E-state index contributed by atoms with van der Waals surface area (Å²) in [5, 5.41) is 7.66. The fraction of sp³-hybridized carbons (Fsp3) is 0.800. The van der Waals surface area contributed by atoms with Crippen molar-refractivity contribution in [3.8, 4) is 6.07 Å². The van der Waals surface area contributed by atoms with Crippen molar-refractivity contribution >= 4 is 16.0 Å². The molecule has 1 unspecified atom stereocenters. The van der Waals surface area contributed by atoms with E-state index in [0.717, 1.165) is 4.31 Å². The van der Waals surface area contributed by atoms with E-state index < -0.39 is 21.2 Å². The van der Waals surface area contributed by atoms with E-state index in [1.807, 2.05) is 0 Å². The first kappa shape index (κ1) is 15.9. The summed E-state index contributed by atoms with van der Waals surface area (Å²) in [6.07, 6.45) is 0.216. The minimum Gasteiger partial charge on any atom is -0.466 e. The summed E-state index contributed by atoms with van der Waals surface area (Å²) >= 11 is 0. The molecule has 0 spiro atoms. The van der Waals surface area contributed by atoms with Gasteiger partial charge in [-0.2, -0.15) is 5.26 Å². The van der Waals surface area contributed by atoms with Crippen LogP contribution in [-0.4, -0.2) is 44.1 Å². The Balaban J connectivity index is 4.46. The fourth-order valence-electron chi connectivity index (χ4n) is 1.19. The van der Waals surface area contributed by atoms with Crippen LogP contribution in [0, 0.1) is 11.3 Å². The van der Waals surface area contributed by atoms with Crippen molar-refractivity contribution in [1.29, 1.82) is 5.26 Å². The normalized spacial score (nSPS) is 13.1. The largest absolute Gasteiger partial charge is 0.466 e. The molecule has 0 aliphatic rings. The van der Waals surface area contributed by atoms with Crippen LogP contribution in [0.4, 0.5) is 0 Å². The predicted molar refractivity (Wildman–Crippen MR) is 62.5 cm³/mol. The summed E-state index contributed by atoms with van der Waals surface area (Å²) in [7, 11) is -2.29. The van der Waals surface area contributed by atoms with Crippen LogP contribution >= 0.6 is 0 Å². The van der Waals surface area contributed by atoms with Gasteiger partial charge in [-0.15, -0.1) is 0 Å². The van der Waals surface area contributed by atoms with Crippen molar-refractivity contribution in [1.82, 2.24) is 4.31 Å². The topological polar surface area (TPSA) is 87.5 Å². The zero-order valence-corrected chi connectivity index (χ0v) is 11.2. The van der Waals surface area contributed by atoms with Crippen LogP contribution in [0.1, 0.15) is 26.7 Å². The molecule has 0 saturated carbocycles. The van der Waals surface area contributed by atoms with Crippen molar-refractivity contribution in [2.24, 2.45) is 0 Å². The van der Waals surface area contributed by atoms with Gasteiger partial charge in [0.15, 0.2) is 5.25 Å². The van der Waals surface area contributed by atoms with E-state index in [4.69, 9.17) is 10.00 Å². The maximum atomic E-state index is 11.8. The Bertz CT molecular complexity index is 386. The maximum Gasteiger partial charge on any atom is 0.307 e. The number of nitrogens with zero attached hydrogens (tertiary/aromatic N) is 2. The van der Waals surface area contributed by atoms with Crippen molar-refractivity contribution in [2.75, 3.05) is 20.2 Å². The molecule has 98 valence electrons. The first-order chi connectivity index (χ1) is 7.89. The molecule has 0 radical (unpaired) electrons. The number of carbonyl (C=O) groups excluding carboxylic acids is 1. The number of ether oxygens (including phenoxy) is 1. The molecule has 0 aromatic rings. The standard InChI is InChI=1S/C10H18N2O4S/c1-4-9(8-11)17(14,15)12(3)7-6-10(13)16-5-2/h9H,4-7H2,1-3H3. The van der Waals surface area contributed by atoms with Gasteiger partial charge < -0.3 is 4.74 Å². The SMILES string of the molecule is CCOC(=O)CCN(C)S(=O)(=O)C(C#N)CC. The molecular formula is C10H18N2O4S. The Hall–Kier alpha value is -1.13. The van der Waals surface area contributed by atoms with Crippen LogP contribution in [0.5, 0.6) is 0 Å². The highest BCUT2D eigenvalue weighted by Crippen LogP contribution is 2.10. The summed E-state index contributed by atoms with van der Waals surface area (Å²) in [6, 6.07) is 1.74. The first-order valence-electron chi connectivity index (χ1n) is 5.40. The summed E-state index contributed by atoms with van der Waals surface area (Å²) < 4.78 is 29.4. The number of sulfonamides is 1. The molecule has 0 aromatic heterocycles. The summed E-state index contributed by atoms with van der Waals surface area (Å²) in [5.41, 5.74) is 0. The summed E-state index contributed by atoms with van der Waals surface area (Å²) in [6.45, 7) is 3.61. The lowest BCUT2D eigenvalue weighted by Crippen LogP contribution is -2.36. The van der Waals surface area contributed by atoms with Crippen LogP contribution in [0.25, 0.3) is 0 Å². The van der Waals surface area contributed by atoms with E-state index in [0.29, 0.717) is 0 Å². The first-order valence-corrected chi connectivity index (χ1v) is 6.90. The molecule has 1 atom stereocenters. The second-order valence-electron chi connectivity index (χ2n) is 3.45. The Morgan fingerprint density at radius 2 is 2.06 bits per heavy atom. The van der Waals surface area contributed by atoms with Gasteiger partial charge in [-0.1, -0.05) is 6.92 Å². The molecule has 0 fully saturated rings. The maximum absolute atomic E-state index is 11.8. The average molecular weight is 262 g/mol. The molecule has 6 nitrogen and oxygen atoms in total. The van der Waals surface area contributed by atoms with Crippen LogP contribution in [0.15, 0.2) is 0 Å². The Morgan fingerprint density at radius 1 is 1.47 bits per heavy atom. The van der Waals surface area contributed by atoms with E-state index >= 15 is 0 Å². The van der Waals surface area contributed by atoms with Crippen LogP contribution in [-0.2, 0) is 19.6 Å². The minimum atomic E-state index is -3.65. The zero-order chi connectivity index (χ0) is 13.5. The highest BCUT2D eigenvalue weighted by atomic mass is 32.2. The number of hydrogen-bond acceptors (Lipinski definition) is 5. The molecule has 0 aliphatic carbocycles. The lowest BCUT2D eigenvalue weighted by molar-refractivity contribution is -0.143. The highest BCUT2D eigenvalue weighted by molar-refractivity contribution is 7.89. The van der Waals surface area contributed by atoms with Crippen molar-refractivity contribution in [2.45, 2.75) is 31.9 Å². The van der Waals surface area contributed by atoms with E-state index in [9.17, 15) is 13.2 Å². The Morgan fingerprint density at radius 3 is 2.47 bits per heavy atom. The van der Waals surface area contributed by atoms with Crippen molar-refractivity contribution in [3.05, 3.63) is 0 Å². The smallest absolute Gasteiger partial charge is 0.307 e. The molecule has 0 amide bonds. The highest BCUT2D eigenvalue weighted by Gasteiger charge is 2.28. The van der Waals surface area contributed by atoms with E-state index in [1.54, 1.807) is 19.9 Å². The van der Waals surface area contributed by atoms with Crippen LogP contribution in [0.3, 0.4) is 0 Å². The van der Waals surface area contributed by atoms with E-state index in [2.05, 4.69) is 0 Å². The molecule has 0 saturated heterocycles. The molecule has 0 rings (SSSR count). The quantitative estimate of drug-likeness (QED) is 0.623. The van der Waals surface area contributed by atoms with Gasteiger partial charge in [0, 0.05) is 13.6 Å². The number of esters is 1. The van der Waals surface area contributed by atoms with Gasteiger partial charge >= 0.3 is 5.97 Å². The fourth-order valence-corrected chi connectivity index (χ4v) is 2.53. The number of hydrogen-bond donors (Lipinski definition) is 0. The van der Waals surface area contributed by atoms with Crippen LogP contribution in [0.2, 0.25) is 0 Å². The average Bonchev–Trinajstić information content (AvgIpc) is 2.27. The molecule has 0 aliphatic heterocycles. The second kappa shape index (κ2) is 7.25. The van der Waals surface area contributed by atoms with Gasteiger partial charge in [-0.05, 0) is 13.3 Å². The van der Waals surface area contributed by atoms with Gasteiger partial charge in [-0.3, -0.25) is 4.79 Å². The number of rotatable bonds is 7. The van der Waals surface area contributed by atoms with Gasteiger partial charge in [-0.25, -0.2) is 12.7 Å². The molecule has 0 N–H and O–H groups in total. The Labute approximate surface area is 102 Å². The van der Waals surface area contributed by atoms with Crippen LogP contribution < -0.4 is 0 Å². The van der Waals surface area contributed by atoms with Gasteiger partial charge in [0.1, 0.15) is 0 Å². The Kier molecular flexibility index (Phi) is 6.76. The molecule has 17 heavy (non-hydrogen) atoms. The third-order valence-electron chi connectivity index (χ3n) is 2.24. The van der Waals surface area contributed by atoms with E-state index in [-0.39, 0.29) is 26.0 Å². The van der Waals surface area contributed by atoms with E-state index in [1.165, 1.54) is 7.05 Å². The molecule has 0 bridgehead atoms. The monoisotopic (exact) mass is 262 g/mol. The zero-order valence-electron chi connectivity index (χ0n) is 10.3. The number of carbonyl (C=O) groups is 1. The lowest BCUT2D eigenvalue weighted by atomic mass is 10.4. The van der Waals surface area contributed by atoms with Gasteiger partial charge in [0.25, 0.3) is 0 Å². The third kappa shape index (κ3) is 4.71. The van der Waals surface area contributed by atoms with Crippen molar-refractivity contribution in [3.63, 3.8) is 0 Å². The molecule has 0 heterocycles. The second-order valence-corrected chi connectivity index (χ2v) is 5.67. The minimum absolute atomic E-state index is 0.00850. The summed E-state index contributed by atoms with van der Waals surface area (Å²) in [4.78, 5) is 11.1. The molecular weight excluding hydrogens is 244 g/mol. The number of nitriles is 1. The van der Waals surface area contributed by atoms with Gasteiger partial charge in [0.05, 0.1) is 19.1 Å².